The van der Waals surface area contributed by atoms with Gasteiger partial charge in [0.2, 0.25) is 0 Å². The van der Waals surface area contributed by atoms with Crippen molar-refractivity contribution in [3.63, 3.8) is 0 Å². The average molecular weight is 579 g/mol. The Kier molecular flexibility index (Phi) is 10.9. The van der Waals surface area contributed by atoms with Gasteiger partial charge < -0.3 is 9.64 Å². The van der Waals surface area contributed by atoms with Crippen LogP contribution in [0.3, 0.4) is 0 Å². The predicted molar refractivity (Wildman–Crippen MR) is 158 cm³/mol. The Bertz CT molecular complexity index is 1320. The van der Waals surface area contributed by atoms with E-state index in [1.807, 2.05) is 35.8 Å². The molecule has 1 saturated heterocycles. The van der Waals surface area contributed by atoms with Crippen molar-refractivity contribution >= 4 is 42.1 Å². The van der Waals surface area contributed by atoms with Crippen LogP contribution in [-0.4, -0.2) is 46.9 Å². The fourth-order valence-electron chi connectivity index (χ4n) is 5.17. The van der Waals surface area contributed by atoms with Crippen molar-refractivity contribution in [1.29, 1.82) is 0 Å². The summed E-state index contributed by atoms with van der Waals surface area (Å²) in [7, 11) is 1.67. The molecule has 9 heteroatoms. The highest BCUT2D eigenvalue weighted by atomic mass is 35.5. The number of nitrogens with zero attached hydrogens (tertiary/aromatic N) is 3. The summed E-state index contributed by atoms with van der Waals surface area (Å²) in [4.78, 5) is 20.2. The Hall–Kier alpha value is -2.32. The number of hydrogen-bond acceptors (Lipinski definition) is 5. The van der Waals surface area contributed by atoms with Crippen molar-refractivity contribution < 1.29 is 9.13 Å². The van der Waals surface area contributed by atoms with Crippen LogP contribution in [0, 0.1) is 12.7 Å². The highest BCUT2D eigenvalue weighted by Crippen LogP contribution is 2.33. The molecular formula is C29H34Cl2FN3O2S. The van der Waals surface area contributed by atoms with Gasteiger partial charge in [-0.25, -0.2) is 9.37 Å². The first-order valence-electron chi connectivity index (χ1n) is 12.6. The number of aryl methyl sites for hydroxylation is 1. The molecule has 0 radical (unpaired) electrons. The Morgan fingerprint density at radius 3 is 2.26 bits per heavy atom. The second-order valence-corrected chi connectivity index (χ2v) is 10.5. The van der Waals surface area contributed by atoms with E-state index >= 15 is 0 Å². The number of methoxy groups -OCH3 is 1. The van der Waals surface area contributed by atoms with Crippen molar-refractivity contribution in [2.24, 2.45) is 0 Å². The maximum Gasteiger partial charge on any atom is 0.257 e. The van der Waals surface area contributed by atoms with Crippen LogP contribution in [0.1, 0.15) is 41.6 Å². The van der Waals surface area contributed by atoms with Crippen LogP contribution < -0.4 is 10.3 Å². The van der Waals surface area contributed by atoms with E-state index in [9.17, 15) is 9.18 Å². The molecule has 2 aliphatic rings. The van der Waals surface area contributed by atoms with Gasteiger partial charge in [0.05, 0.1) is 7.11 Å². The monoisotopic (exact) mass is 577 g/mol. The minimum Gasteiger partial charge on any atom is -0.497 e. The molecule has 0 saturated carbocycles. The summed E-state index contributed by atoms with van der Waals surface area (Å²) in [5, 5.41) is 0.868. The number of hydrogen-bond donors (Lipinski definition) is 0. The van der Waals surface area contributed by atoms with Gasteiger partial charge in [0.25, 0.3) is 5.56 Å². The molecule has 3 aromatic rings. The highest BCUT2D eigenvalue weighted by molar-refractivity contribution is 7.99. The maximum absolute atomic E-state index is 13.7. The van der Waals surface area contributed by atoms with Gasteiger partial charge in [-0.1, -0.05) is 41.6 Å². The molecule has 0 atom stereocenters. The number of fused-ring (bicyclic) bond motifs is 1. The van der Waals surface area contributed by atoms with E-state index in [1.54, 1.807) is 18.9 Å². The zero-order chi connectivity index (χ0) is 25.1. The quantitative estimate of drug-likeness (QED) is 0.327. The number of rotatable bonds is 6. The van der Waals surface area contributed by atoms with Gasteiger partial charge >= 0.3 is 0 Å². The minimum absolute atomic E-state index is 0. The number of halogens is 3. The third-order valence-corrected chi connectivity index (χ3v) is 8.26. The summed E-state index contributed by atoms with van der Waals surface area (Å²) in [5.74, 6) is 1.62. The van der Waals surface area contributed by atoms with Crippen LogP contribution in [-0.2, 0) is 13.0 Å². The maximum atomic E-state index is 13.7. The van der Waals surface area contributed by atoms with E-state index in [1.165, 1.54) is 23.3 Å². The van der Waals surface area contributed by atoms with Crippen molar-refractivity contribution in [2.75, 3.05) is 32.5 Å². The fraction of sp³-hybridized carbons (Fsp3) is 0.379. The van der Waals surface area contributed by atoms with E-state index in [0.29, 0.717) is 0 Å². The Labute approximate surface area is 240 Å². The summed E-state index contributed by atoms with van der Waals surface area (Å²) in [6.45, 7) is 5.46. The topological polar surface area (TPSA) is 47.4 Å². The third-order valence-electron chi connectivity index (χ3n) is 7.19. The van der Waals surface area contributed by atoms with Crippen molar-refractivity contribution in [3.8, 4) is 5.75 Å². The van der Waals surface area contributed by atoms with Gasteiger partial charge in [-0.05, 0) is 73.6 Å². The summed E-state index contributed by atoms with van der Waals surface area (Å²) < 4.78 is 20.8. The number of thioether (sulfide) groups is 1. The van der Waals surface area contributed by atoms with Crippen LogP contribution >= 0.6 is 36.6 Å². The van der Waals surface area contributed by atoms with Crippen LogP contribution in [0.15, 0.2) is 64.1 Å². The van der Waals surface area contributed by atoms with E-state index < -0.39 is 0 Å². The first kappa shape index (κ1) is 30.2. The minimum atomic E-state index is -0.228. The molecule has 0 N–H and O–H groups in total. The number of piperidine rings is 1. The molecule has 0 unspecified atom stereocenters. The molecule has 0 amide bonds. The lowest BCUT2D eigenvalue weighted by Crippen LogP contribution is -2.35. The Morgan fingerprint density at radius 2 is 1.63 bits per heavy atom. The molecule has 2 aromatic carbocycles. The SMILES string of the molecule is COc1ccc(C(=C2CCN(CCc3c(C)nc4n(c3=O)CCCS4)CC2)c2ccc(F)cc2)cc1.Cl.Cl. The molecule has 38 heavy (non-hydrogen) atoms. The van der Waals surface area contributed by atoms with E-state index in [-0.39, 0.29) is 36.2 Å². The Morgan fingerprint density at radius 1 is 1.00 bits per heavy atom. The van der Waals surface area contributed by atoms with E-state index in [0.717, 1.165) is 90.9 Å². The first-order valence-corrected chi connectivity index (χ1v) is 13.6. The third kappa shape index (κ3) is 6.63. The van der Waals surface area contributed by atoms with Gasteiger partial charge in [0.15, 0.2) is 5.16 Å². The number of ether oxygens (including phenoxy) is 1. The molecule has 0 aliphatic carbocycles. The molecule has 0 bridgehead atoms. The largest absolute Gasteiger partial charge is 0.497 e. The molecule has 204 valence electrons. The smallest absolute Gasteiger partial charge is 0.257 e. The number of likely N-dealkylation sites (tertiary alicyclic amines) is 1. The van der Waals surface area contributed by atoms with Gasteiger partial charge in [-0.15, -0.1) is 24.8 Å². The molecule has 5 rings (SSSR count). The van der Waals surface area contributed by atoms with Crippen molar-refractivity contribution in [2.45, 2.75) is 44.3 Å². The lowest BCUT2D eigenvalue weighted by molar-refractivity contribution is 0.259. The molecule has 0 spiro atoms. The highest BCUT2D eigenvalue weighted by Gasteiger charge is 2.21. The van der Waals surface area contributed by atoms with Crippen LogP contribution in [0.4, 0.5) is 4.39 Å². The fourth-order valence-corrected chi connectivity index (χ4v) is 6.16. The lowest BCUT2D eigenvalue weighted by Gasteiger charge is -2.30. The molecule has 5 nitrogen and oxygen atoms in total. The standard InChI is InChI=1S/C29H32FN3O2S.2ClH/c1-20-26(28(34)33-15-3-19-36-29(33)31-20)14-18-32-16-12-23(13-17-32)27(21-4-8-24(30)9-5-21)22-6-10-25(35-2)11-7-22;;/h4-11H,3,12-19H2,1-2H3;2*1H. The predicted octanol–water partition coefficient (Wildman–Crippen LogP) is 6.18. The van der Waals surface area contributed by atoms with Gasteiger partial charge in [0.1, 0.15) is 11.6 Å². The van der Waals surface area contributed by atoms with Gasteiger partial charge in [-0.3, -0.25) is 9.36 Å². The van der Waals surface area contributed by atoms with E-state index in [4.69, 9.17) is 9.72 Å². The molecule has 2 aliphatic heterocycles. The zero-order valence-electron chi connectivity index (χ0n) is 21.7. The second-order valence-electron chi connectivity index (χ2n) is 9.42. The summed E-state index contributed by atoms with van der Waals surface area (Å²) >= 11 is 1.68. The van der Waals surface area contributed by atoms with Crippen molar-refractivity contribution in [3.05, 3.63) is 92.7 Å². The van der Waals surface area contributed by atoms with E-state index in [2.05, 4.69) is 17.0 Å². The van der Waals surface area contributed by atoms with Gasteiger partial charge in [-0.2, -0.15) is 0 Å². The van der Waals surface area contributed by atoms with Crippen LogP contribution in [0.25, 0.3) is 5.57 Å². The Balaban J connectivity index is 0.00000200. The molecular weight excluding hydrogens is 544 g/mol. The van der Waals surface area contributed by atoms with Crippen molar-refractivity contribution in [1.82, 2.24) is 14.5 Å². The van der Waals surface area contributed by atoms with Crippen LogP contribution in [0.2, 0.25) is 0 Å². The van der Waals surface area contributed by atoms with Crippen LogP contribution in [0.5, 0.6) is 5.75 Å². The summed E-state index contributed by atoms with van der Waals surface area (Å²) in [6.07, 6.45) is 3.63. The normalized spacial score (nSPS) is 15.2. The molecule has 1 fully saturated rings. The first-order chi connectivity index (χ1) is 17.5. The lowest BCUT2D eigenvalue weighted by atomic mass is 9.88. The average Bonchev–Trinajstić information content (AvgIpc) is 2.91. The number of aromatic nitrogens is 2. The van der Waals surface area contributed by atoms with Gasteiger partial charge in [0, 0.05) is 43.2 Å². The zero-order valence-corrected chi connectivity index (χ0v) is 24.2. The summed E-state index contributed by atoms with van der Waals surface area (Å²) in [5.41, 5.74) is 6.58. The summed E-state index contributed by atoms with van der Waals surface area (Å²) in [6, 6.07) is 14.9. The number of benzene rings is 2. The molecule has 1 aromatic heterocycles. The molecule has 3 heterocycles. The second kappa shape index (κ2) is 13.7.